The van der Waals surface area contributed by atoms with Gasteiger partial charge in [-0.2, -0.15) is 0 Å². The van der Waals surface area contributed by atoms with E-state index in [-0.39, 0.29) is 5.78 Å². The largest absolute Gasteiger partial charge is 0.496 e. The van der Waals surface area contributed by atoms with Gasteiger partial charge in [0.1, 0.15) is 11.5 Å². The fourth-order valence-electron chi connectivity index (χ4n) is 2.02. The Balaban J connectivity index is 2.20. The number of carbonyl (C=O) groups excluding carboxylic acids is 1. The highest BCUT2D eigenvalue weighted by atomic mass is 16.5. The van der Waals surface area contributed by atoms with Crippen LogP contribution in [-0.4, -0.2) is 12.9 Å². The summed E-state index contributed by atoms with van der Waals surface area (Å²) in [5, 5.41) is 0. The van der Waals surface area contributed by atoms with Gasteiger partial charge >= 0.3 is 0 Å². The van der Waals surface area contributed by atoms with Crippen LogP contribution in [0, 0.1) is 6.92 Å². The molecule has 0 aliphatic rings. The summed E-state index contributed by atoms with van der Waals surface area (Å²) in [7, 11) is 1.61. The number of rotatable bonds is 5. The van der Waals surface area contributed by atoms with E-state index in [9.17, 15) is 4.79 Å². The van der Waals surface area contributed by atoms with Gasteiger partial charge < -0.3 is 9.15 Å². The van der Waals surface area contributed by atoms with Crippen molar-refractivity contribution in [3.05, 3.63) is 53.0 Å². The van der Waals surface area contributed by atoms with Gasteiger partial charge in [-0.1, -0.05) is 24.6 Å². The number of furan rings is 1. The van der Waals surface area contributed by atoms with Crippen molar-refractivity contribution in [2.75, 3.05) is 7.11 Å². The molecule has 0 amide bonds. The molecule has 2 rings (SSSR count). The van der Waals surface area contributed by atoms with Crippen molar-refractivity contribution in [1.29, 1.82) is 0 Å². The van der Waals surface area contributed by atoms with Crippen molar-refractivity contribution in [3.8, 4) is 5.75 Å². The molecule has 3 heteroatoms. The summed E-state index contributed by atoms with van der Waals surface area (Å²) in [5.74, 6) is 1.96. The average molecular weight is 258 g/mol. The lowest BCUT2D eigenvalue weighted by molar-refractivity contribution is 0.0964. The van der Waals surface area contributed by atoms with Gasteiger partial charge in [0.05, 0.1) is 7.11 Å². The molecule has 0 bridgehead atoms. The Morgan fingerprint density at radius 3 is 2.68 bits per heavy atom. The Morgan fingerprint density at radius 1 is 1.26 bits per heavy atom. The van der Waals surface area contributed by atoms with E-state index in [2.05, 4.69) is 0 Å². The first kappa shape index (κ1) is 13.4. The molecule has 0 saturated carbocycles. The zero-order valence-electron chi connectivity index (χ0n) is 11.5. The topological polar surface area (TPSA) is 39.4 Å². The summed E-state index contributed by atoms with van der Waals surface area (Å²) in [6.07, 6.45) is 1.09. The molecule has 0 aliphatic carbocycles. The molecule has 0 fully saturated rings. The van der Waals surface area contributed by atoms with Crippen molar-refractivity contribution < 1.29 is 13.9 Å². The number of ether oxygens (including phenoxy) is 1. The summed E-state index contributed by atoms with van der Waals surface area (Å²) in [6, 6.07) is 9.41. The van der Waals surface area contributed by atoms with E-state index in [4.69, 9.17) is 9.15 Å². The quantitative estimate of drug-likeness (QED) is 0.769. The molecule has 19 heavy (non-hydrogen) atoms. The van der Waals surface area contributed by atoms with Crippen LogP contribution in [-0.2, 0) is 12.8 Å². The predicted molar refractivity (Wildman–Crippen MR) is 73.9 cm³/mol. The normalized spacial score (nSPS) is 10.5. The van der Waals surface area contributed by atoms with E-state index >= 15 is 0 Å². The summed E-state index contributed by atoms with van der Waals surface area (Å²) < 4.78 is 10.8. The summed E-state index contributed by atoms with van der Waals surface area (Å²) >= 11 is 0. The fraction of sp³-hybridized carbons (Fsp3) is 0.312. The molecule has 100 valence electrons. The third-order valence-corrected chi connectivity index (χ3v) is 3.07. The van der Waals surface area contributed by atoms with Crippen LogP contribution < -0.4 is 4.74 Å². The molecule has 0 atom stereocenters. The van der Waals surface area contributed by atoms with Crippen LogP contribution in [0.4, 0.5) is 0 Å². The van der Waals surface area contributed by atoms with Gasteiger partial charge in [0.2, 0.25) is 5.78 Å². The van der Waals surface area contributed by atoms with E-state index in [0.717, 1.165) is 29.1 Å². The van der Waals surface area contributed by atoms with E-state index in [1.165, 1.54) is 0 Å². The highest BCUT2D eigenvalue weighted by Gasteiger charge is 2.14. The van der Waals surface area contributed by atoms with Crippen LogP contribution in [0.3, 0.4) is 0 Å². The maximum Gasteiger partial charge on any atom is 0.202 e. The molecular formula is C16H18O3. The minimum atomic E-state index is -0.0244. The summed E-state index contributed by atoms with van der Waals surface area (Å²) in [6.45, 7) is 3.99. The van der Waals surface area contributed by atoms with Gasteiger partial charge in [-0.15, -0.1) is 0 Å². The zero-order valence-corrected chi connectivity index (χ0v) is 11.5. The molecule has 3 nitrogen and oxygen atoms in total. The number of Topliss-reactive ketones (excluding diaryl/α,β-unsaturated/α-hetero) is 1. The third-order valence-electron chi connectivity index (χ3n) is 3.07. The molecule has 1 aromatic heterocycles. The second kappa shape index (κ2) is 5.74. The minimum Gasteiger partial charge on any atom is -0.496 e. The van der Waals surface area contributed by atoms with Crippen molar-refractivity contribution in [2.45, 2.75) is 26.7 Å². The number of ketones is 1. The Kier molecular flexibility index (Phi) is 4.05. The lowest BCUT2D eigenvalue weighted by Crippen LogP contribution is -2.04. The van der Waals surface area contributed by atoms with Gasteiger partial charge in [0, 0.05) is 18.4 Å². The Hall–Kier alpha value is -2.03. The van der Waals surface area contributed by atoms with Crippen LogP contribution in [0.1, 0.15) is 34.4 Å². The number of methoxy groups -OCH3 is 1. The molecule has 0 radical (unpaired) electrons. The monoisotopic (exact) mass is 258 g/mol. The smallest absolute Gasteiger partial charge is 0.202 e. The molecule has 0 unspecified atom stereocenters. The minimum absolute atomic E-state index is 0.0244. The Morgan fingerprint density at radius 2 is 2.05 bits per heavy atom. The summed E-state index contributed by atoms with van der Waals surface area (Å²) in [4.78, 5) is 12.2. The average Bonchev–Trinajstić information content (AvgIpc) is 2.88. The van der Waals surface area contributed by atoms with E-state index in [0.29, 0.717) is 12.2 Å². The van der Waals surface area contributed by atoms with Crippen LogP contribution in [0.15, 0.2) is 34.7 Å². The van der Waals surface area contributed by atoms with Crippen LogP contribution in [0.5, 0.6) is 5.75 Å². The first-order valence-corrected chi connectivity index (χ1v) is 6.39. The molecule has 2 aromatic rings. The fourth-order valence-corrected chi connectivity index (χ4v) is 2.02. The van der Waals surface area contributed by atoms with E-state index < -0.39 is 0 Å². The van der Waals surface area contributed by atoms with Crippen molar-refractivity contribution in [1.82, 2.24) is 0 Å². The first-order chi connectivity index (χ1) is 9.13. The van der Waals surface area contributed by atoms with Crippen LogP contribution >= 0.6 is 0 Å². The zero-order chi connectivity index (χ0) is 13.8. The maximum absolute atomic E-state index is 12.2. The standard InChI is InChI=1S/C16H18O3/c1-4-13-6-8-16(19-13)14(17)10-12-9-11(2)5-7-15(12)18-3/h5-9H,4,10H2,1-3H3. The maximum atomic E-state index is 12.2. The van der Waals surface area contributed by atoms with Gasteiger partial charge in [-0.3, -0.25) is 4.79 Å². The molecule has 0 aliphatic heterocycles. The highest BCUT2D eigenvalue weighted by Crippen LogP contribution is 2.22. The Labute approximate surface area is 113 Å². The van der Waals surface area contributed by atoms with Gasteiger partial charge in [-0.05, 0) is 25.1 Å². The lowest BCUT2D eigenvalue weighted by Gasteiger charge is -2.08. The second-order valence-corrected chi connectivity index (χ2v) is 4.53. The number of benzene rings is 1. The third kappa shape index (κ3) is 3.05. The van der Waals surface area contributed by atoms with Crippen LogP contribution in [0.2, 0.25) is 0 Å². The van der Waals surface area contributed by atoms with Crippen LogP contribution in [0.25, 0.3) is 0 Å². The lowest BCUT2D eigenvalue weighted by atomic mass is 10.0. The second-order valence-electron chi connectivity index (χ2n) is 4.53. The highest BCUT2D eigenvalue weighted by molar-refractivity contribution is 5.95. The summed E-state index contributed by atoms with van der Waals surface area (Å²) in [5.41, 5.74) is 2.00. The molecule has 0 saturated heterocycles. The van der Waals surface area contributed by atoms with E-state index in [1.54, 1.807) is 13.2 Å². The van der Waals surface area contributed by atoms with Gasteiger partial charge in [-0.25, -0.2) is 0 Å². The van der Waals surface area contributed by atoms with Crippen molar-refractivity contribution in [2.24, 2.45) is 0 Å². The number of aryl methyl sites for hydroxylation is 2. The molecule has 0 spiro atoms. The Bertz CT molecular complexity index is 581. The molecule has 1 aromatic carbocycles. The van der Waals surface area contributed by atoms with Gasteiger partial charge in [0.15, 0.2) is 5.76 Å². The number of hydrogen-bond acceptors (Lipinski definition) is 3. The molecule has 0 N–H and O–H groups in total. The van der Waals surface area contributed by atoms with Crippen molar-refractivity contribution >= 4 is 5.78 Å². The van der Waals surface area contributed by atoms with E-state index in [1.807, 2.05) is 38.1 Å². The number of hydrogen-bond donors (Lipinski definition) is 0. The van der Waals surface area contributed by atoms with Gasteiger partial charge in [0.25, 0.3) is 0 Å². The first-order valence-electron chi connectivity index (χ1n) is 6.39. The SMILES string of the molecule is CCc1ccc(C(=O)Cc2cc(C)ccc2OC)o1. The predicted octanol–water partition coefficient (Wildman–Crippen LogP) is 3.58. The van der Waals surface area contributed by atoms with Crippen molar-refractivity contribution in [3.63, 3.8) is 0 Å². The molecular weight excluding hydrogens is 240 g/mol. The number of carbonyl (C=O) groups is 1. The molecule has 1 heterocycles.